The highest BCUT2D eigenvalue weighted by Crippen LogP contribution is 2.18. The van der Waals surface area contributed by atoms with Crippen molar-refractivity contribution in [3.05, 3.63) is 12.4 Å². The van der Waals surface area contributed by atoms with Crippen LogP contribution in [0.1, 0.15) is 33.6 Å². The van der Waals surface area contributed by atoms with Crippen molar-refractivity contribution in [3.63, 3.8) is 0 Å². The highest BCUT2D eigenvalue weighted by atomic mass is 16.4. The first-order valence-corrected chi connectivity index (χ1v) is 6.19. The van der Waals surface area contributed by atoms with Gasteiger partial charge in [-0.1, -0.05) is 13.3 Å². The molecule has 0 fully saturated rings. The molecule has 0 saturated heterocycles. The van der Waals surface area contributed by atoms with Gasteiger partial charge in [-0.05, 0) is 20.3 Å². The van der Waals surface area contributed by atoms with E-state index in [0.717, 1.165) is 19.4 Å². The number of aliphatic carboxylic acids is 1. The van der Waals surface area contributed by atoms with Gasteiger partial charge in [0.1, 0.15) is 12.3 Å². The fourth-order valence-corrected chi connectivity index (χ4v) is 1.82. The van der Waals surface area contributed by atoms with Crippen LogP contribution in [-0.4, -0.2) is 38.0 Å². The molecule has 2 atom stereocenters. The number of hydrogen-bond donors (Lipinski definition) is 2. The van der Waals surface area contributed by atoms with E-state index in [1.807, 2.05) is 4.57 Å². The molecule has 1 rings (SSSR count). The van der Waals surface area contributed by atoms with Gasteiger partial charge in [-0.25, -0.2) is 9.78 Å². The van der Waals surface area contributed by atoms with E-state index < -0.39 is 18.2 Å². The van der Waals surface area contributed by atoms with Crippen LogP contribution in [0.15, 0.2) is 12.4 Å². The second-order valence-electron chi connectivity index (χ2n) is 4.33. The molecule has 6 nitrogen and oxygen atoms in total. The summed E-state index contributed by atoms with van der Waals surface area (Å²) < 4.78 is 1.87. The molecular weight excluding hydrogens is 234 g/mol. The molecule has 1 aromatic rings. The maximum atomic E-state index is 11.1. The summed E-state index contributed by atoms with van der Waals surface area (Å²) in [6.07, 6.45) is 4.54. The number of aromatic nitrogens is 2. The van der Waals surface area contributed by atoms with E-state index in [0.29, 0.717) is 5.95 Å². The summed E-state index contributed by atoms with van der Waals surface area (Å²) in [6, 6.07) is -0.826. The Morgan fingerprint density at radius 1 is 1.56 bits per heavy atom. The first kappa shape index (κ1) is 14.5. The first-order valence-electron chi connectivity index (χ1n) is 6.19. The van der Waals surface area contributed by atoms with Crippen molar-refractivity contribution < 1.29 is 15.0 Å². The van der Waals surface area contributed by atoms with Gasteiger partial charge in [0.15, 0.2) is 0 Å². The summed E-state index contributed by atoms with van der Waals surface area (Å²) in [5.74, 6) is -0.491. The van der Waals surface area contributed by atoms with Gasteiger partial charge in [-0.2, -0.15) is 0 Å². The molecule has 0 aromatic carbocycles. The summed E-state index contributed by atoms with van der Waals surface area (Å²) >= 11 is 0. The number of carboxylic acids is 1. The van der Waals surface area contributed by atoms with Gasteiger partial charge in [-0.15, -0.1) is 0 Å². The van der Waals surface area contributed by atoms with Crippen molar-refractivity contribution in [2.45, 2.75) is 52.4 Å². The molecule has 2 N–H and O–H groups in total. The number of hydrogen-bond acceptors (Lipinski definition) is 4. The van der Waals surface area contributed by atoms with Crippen LogP contribution in [0.4, 0.5) is 5.95 Å². The average molecular weight is 255 g/mol. The molecule has 0 radical (unpaired) electrons. The molecule has 0 aliphatic carbocycles. The van der Waals surface area contributed by atoms with E-state index in [9.17, 15) is 9.90 Å². The summed E-state index contributed by atoms with van der Waals surface area (Å²) in [5.41, 5.74) is 0. The molecule has 18 heavy (non-hydrogen) atoms. The highest BCUT2D eigenvalue weighted by molar-refractivity contribution is 5.76. The van der Waals surface area contributed by atoms with Crippen molar-refractivity contribution in [2.75, 3.05) is 4.90 Å². The Hall–Kier alpha value is -1.56. The minimum Gasteiger partial charge on any atom is -0.480 e. The lowest BCUT2D eigenvalue weighted by Gasteiger charge is -2.30. The number of aliphatic hydroxyl groups excluding tert-OH is 1. The second-order valence-corrected chi connectivity index (χ2v) is 4.33. The minimum atomic E-state index is -0.985. The predicted octanol–water partition coefficient (Wildman–Crippen LogP) is 1.30. The molecule has 0 bridgehead atoms. The largest absolute Gasteiger partial charge is 0.480 e. The number of aliphatic hydroxyl groups is 1. The monoisotopic (exact) mass is 255 g/mol. The van der Waals surface area contributed by atoms with E-state index in [1.54, 1.807) is 12.4 Å². The van der Waals surface area contributed by atoms with Crippen molar-refractivity contribution in [2.24, 2.45) is 0 Å². The smallest absolute Gasteiger partial charge is 0.326 e. The Morgan fingerprint density at radius 3 is 2.72 bits per heavy atom. The normalized spacial score (nSPS) is 14.2. The third-order valence-electron chi connectivity index (χ3n) is 2.85. The lowest BCUT2D eigenvalue weighted by molar-refractivity contribution is -0.138. The third kappa shape index (κ3) is 3.22. The molecular formula is C12H21N3O3. The van der Waals surface area contributed by atoms with Gasteiger partial charge in [0, 0.05) is 18.9 Å². The van der Waals surface area contributed by atoms with Crippen LogP contribution < -0.4 is 4.90 Å². The zero-order chi connectivity index (χ0) is 13.7. The van der Waals surface area contributed by atoms with Crippen LogP contribution in [0.3, 0.4) is 0 Å². The fourth-order valence-electron chi connectivity index (χ4n) is 1.82. The molecule has 0 spiro atoms. The molecule has 102 valence electrons. The number of anilines is 1. The lowest BCUT2D eigenvalue weighted by atomic mass is 10.3. The summed E-state index contributed by atoms with van der Waals surface area (Å²) in [5, 5.41) is 18.8. The first-order chi connectivity index (χ1) is 8.49. The van der Waals surface area contributed by atoms with Crippen molar-refractivity contribution in [3.8, 4) is 0 Å². The molecule has 1 unspecified atom stereocenters. The Balaban J connectivity index is 2.99. The maximum absolute atomic E-state index is 11.1. The Morgan fingerprint density at radius 2 is 2.22 bits per heavy atom. The number of imidazole rings is 1. The quantitative estimate of drug-likeness (QED) is 0.718. The standard InChI is InChI=1S/C12H21N3O3/c1-4-5-7-14-8-6-13-12(14)15(10(3)16)9(2)11(17)18/h6,8-10,16H,4-5,7H2,1-3H3,(H,17,18)/t9-,10?/m0/s1. The molecule has 0 saturated carbocycles. The topological polar surface area (TPSA) is 78.6 Å². The van der Waals surface area contributed by atoms with Gasteiger partial charge in [-0.3, -0.25) is 0 Å². The summed E-state index contributed by atoms with van der Waals surface area (Å²) in [6.45, 7) is 5.93. The Kier molecular flexibility index (Phi) is 5.15. The van der Waals surface area contributed by atoms with Gasteiger partial charge in [0.05, 0.1) is 0 Å². The minimum absolute atomic E-state index is 0.494. The Bertz CT molecular complexity index is 390. The average Bonchev–Trinajstić information content (AvgIpc) is 2.74. The molecule has 6 heteroatoms. The number of unbranched alkanes of at least 4 members (excludes halogenated alkanes) is 1. The number of aryl methyl sites for hydroxylation is 1. The van der Waals surface area contributed by atoms with E-state index >= 15 is 0 Å². The molecule has 1 aromatic heterocycles. The van der Waals surface area contributed by atoms with Gasteiger partial charge < -0.3 is 19.7 Å². The highest BCUT2D eigenvalue weighted by Gasteiger charge is 2.27. The number of nitrogens with zero attached hydrogens (tertiary/aromatic N) is 3. The second kappa shape index (κ2) is 6.39. The molecule has 0 amide bonds. The number of rotatable bonds is 7. The zero-order valence-corrected chi connectivity index (χ0v) is 11.1. The van der Waals surface area contributed by atoms with Crippen LogP contribution in [0, 0.1) is 0 Å². The SMILES string of the molecule is CCCCn1ccnc1N(C(C)O)[C@@H](C)C(=O)O. The number of carbonyl (C=O) groups is 1. The van der Waals surface area contributed by atoms with Crippen molar-refractivity contribution >= 4 is 11.9 Å². The Labute approximate surface area is 107 Å². The van der Waals surface area contributed by atoms with E-state index in [2.05, 4.69) is 11.9 Å². The van der Waals surface area contributed by atoms with Crippen LogP contribution in [0.2, 0.25) is 0 Å². The van der Waals surface area contributed by atoms with Crippen molar-refractivity contribution in [1.82, 2.24) is 9.55 Å². The molecule has 0 aliphatic heterocycles. The zero-order valence-electron chi connectivity index (χ0n) is 11.1. The molecule has 0 aliphatic rings. The van der Waals surface area contributed by atoms with E-state index in [4.69, 9.17) is 5.11 Å². The third-order valence-corrected chi connectivity index (χ3v) is 2.85. The van der Waals surface area contributed by atoms with Crippen LogP contribution in [0.5, 0.6) is 0 Å². The number of carboxylic acid groups (broad SMARTS) is 1. The summed E-state index contributed by atoms with van der Waals surface area (Å²) in [7, 11) is 0. The van der Waals surface area contributed by atoms with Crippen LogP contribution in [0.25, 0.3) is 0 Å². The van der Waals surface area contributed by atoms with Gasteiger partial charge >= 0.3 is 5.97 Å². The van der Waals surface area contributed by atoms with Crippen molar-refractivity contribution in [1.29, 1.82) is 0 Å². The fraction of sp³-hybridized carbons (Fsp3) is 0.667. The van der Waals surface area contributed by atoms with Gasteiger partial charge in [0.2, 0.25) is 5.95 Å². The van der Waals surface area contributed by atoms with Crippen LogP contribution >= 0.6 is 0 Å². The summed E-state index contributed by atoms with van der Waals surface area (Å²) in [4.78, 5) is 16.6. The van der Waals surface area contributed by atoms with E-state index in [1.165, 1.54) is 18.7 Å². The van der Waals surface area contributed by atoms with Gasteiger partial charge in [0.25, 0.3) is 0 Å². The van der Waals surface area contributed by atoms with Crippen LogP contribution in [-0.2, 0) is 11.3 Å². The predicted molar refractivity (Wildman–Crippen MR) is 68.4 cm³/mol. The lowest BCUT2D eigenvalue weighted by Crippen LogP contribution is -2.46. The maximum Gasteiger partial charge on any atom is 0.326 e. The van der Waals surface area contributed by atoms with E-state index in [-0.39, 0.29) is 0 Å². The molecule has 1 heterocycles.